The van der Waals surface area contributed by atoms with Crippen LogP contribution in [0.25, 0.3) is 0 Å². The van der Waals surface area contributed by atoms with E-state index in [2.05, 4.69) is 26.2 Å². The fourth-order valence-corrected chi connectivity index (χ4v) is 1.86. The van der Waals surface area contributed by atoms with Crippen molar-refractivity contribution in [3.05, 3.63) is 58.8 Å². The molecule has 0 radical (unpaired) electrons. The first kappa shape index (κ1) is 14.5. The topological polar surface area (TPSA) is 51.2 Å². The van der Waals surface area contributed by atoms with Gasteiger partial charge in [-0.2, -0.15) is 0 Å². The molecule has 104 valence electrons. The molecule has 0 saturated carbocycles. The van der Waals surface area contributed by atoms with Crippen molar-refractivity contribution in [2.75, 3.05) is 0 Å². The van der Waals surface area contributed by atoms with Gasteiger partial charge in [0.2, 0.25) is 0 Å². The zero-order valence-electron chi connectivity index (χ0n) is 11.0. The molecule has 2 rings (SSSR count). The molecule has 1 amide bonds. The molecule has 0 bridgehead atoms. The number of nitrogens with one attached hydrogen (secondary N) is 1. The van der Waals surface area contributed by atoms with Gasteiger partial charge in [-0.05, 0) is 43.3 Å². The standard InChI is InChI=1S/C15H15BrN2O2/c1-11(20-14-7-5-12(16)6-8-14)15(19)18-10-13-4-2-3-9-17-13/h2-9,11H,10H2,1H3,(H,18,19)/t11-/m1/s1. The van der Waals surface area contributed by atoms with Gasteiger partial charge in [0.15, 0.2) is 6.10 Å². The first-order valence-corrected chi connectivity index (χ1v) is 7.04. The third-order valence-electron chi connectivity index (χ3n) is 2.67. The molecular formula is C15H15BrN2O2. The lowest BCUT2D eigenvalue weighted by atomic mass is 10.3. The van der Waals surface area contributed by atoms with Crippen molar-refractivity contribution < 1.29 is 9.53 Å². The van der Waals surface area contributed by atoms with Crippen molar-refractivity contribution in [3.8, 4) is 5.75 Å². The third-order valence-corrected chi connectivity index (χ3v) is 3.19. The van der Waals surface area contributed by atoms with Crippen LogP contribution in [-0.4, -0.2) is 17.0 Å². The number of halogens is 1. The summed E-state index contributed by atoms with van der Waals surface area (Å²) >= 11 is 3.35. The Morgan fingerprint density at radius 3 is 2.70 bits per heavy atom. The quantitative estimate of drug-likeness (QED) is 0.914. The van der Waals surface area contributed by atoms with E-state index in [9.17, 15) is 4.79 Å². The number of ether oxygens (including phenoxy) is 1. The minimum absolute atomic E-state index is 0.168. The Kier molecular flexibility index (Phi) is 5.12. The highest BCUT2D eigenvalue weighted by molar-refractivity contribution is 9.10. The van der Waals surface area contributed by atoms with E-state index in [4.69, 9.17) is 4.74 Å². The monoisotopic (exact) mass is 334 g/mol. The van der Waals surface area contributed by atoms with Crippen molar-refractivity contribution >= 4 is 21.8 Å². The van der Waals surface area contributed by atoms with Gasteiger partial charge in [-0.1, -0.05) is 22.0 Å². The predicted molar refractivity (Wildman–Crippen MR) is 80.3 cm³/mol. The lowest BCUT2D eigenvalue weighted by molar-refractivity contribution is -0.127. The van der Waals surface area contributed by atoms with E-state index in [1.165, 1.54) is 0 Å². The molecule has 5 heteroatoms. The second kappa shape index (κ2) is 7.05. The number of rotatable bonds is 5. The fraction of sp³-hybridized carbons (Fsp3) is 0.200. The minimum atomic E-state index is -0.556. The first-order valence-electron chi connectivity index (χ1n) is 6.25. The summed E-state index contributed by atoms with van der Waals surface area (Å²) < 4.78 is 6.54. The number of pyridine rings is 1. The van der Waals surface area contributed by atoms with Crippen LogP contribution < -0.4 is 10.1 Å². The van der Waals surface area contributed by atoms with E-state index in [1.807, 2.05) is 42.5 Å². The Labute approximate surface area is 126 Å². The van der Waals surface area contributed by atoms with Gasteiger partial charge in [-0.25, -0.2) is 0 Å². The van der Waals surface area contributed by atoms with E-state index in [-0.39, 0.29) is 5.91 Å². The molecule has 1 heterocycles. The summed E-state index contributed by atoms with van der Waals surface area (Å²) in [7, 11) is 0. The number of benzene rings is 1. The Balaban J connectivity index is 1.84. The van der Waals surface area contributed by atoms with Crippen LogP contribution in [0.3, 0.4) is 0 Å². The average molecular weight is 335 g/mol. The molecule has 0 fully saturated rings. The summed E-state index contributed by atoms with van der Waals surface area (Å²) in [5, 5.41) is 2.79. The predicted octanol–water partition coefficient (Wildman–Crippen LogP) is 2.93. The number of carbonyl (C=O) groups is 1. The maximum Gasteiger partial charge on any atom is 0.261 e. The smallest absolute Gasteiger partial charge is 0.261 e. The number of amides is 1. The van der Waals surface area contributed by atoms with Gasteiger partial charge in [0.1, 0.15) is 5.75 Å². The van der Waals surface area contributed by atoms with Crippen LogP contribution in [0.15, 0.2) is 53.1 Å². The van der Waals surface area contributed by atoms with Crippen LogP contribution in [0.1, 0.15) is 12.6 Å². The van der Waals surface area contributed by atoms with E-state index >= 15 is 0 Å². The van der Waals surface area contributed by atoms with Crippen molar-refractivity contribution in [2.45, 2.75) is 19.6 Å². The molecule has 0 aliphatic carbocycles. The Morgan fingerprint density at radius 1 is 1.30 bits per heavy atom. The summed E-state index contributed by atoms with van der Waals surface area (Å²) in [5.74, 6) is 0.493. The molecule has 1 atom stereocenters. The van der Waals surface area contributed by atoms with E-state index in [1.54, 1.807) is 13.1 Å². The average Bonchev–Trinajstić information content (AvgIpc) is 2.48. The van der Waals surface area contributed by atoms with Crippen molar-refractivity contribution in [1.82, 2.24) is 10.3 Å². The fourth-order valence-electron chi connectivity index (χ4n) is 1.59. The Hall–Kier alpha value is -1.88. The number of nitrogens with zero attached hydrogens (tertiary/aromatic N) is 1. The van der Waals surface area contributed by atoms with Crippen LogP contribution in [0.5, 0.6) is 5.75 Å². The van der Waals surface area contributed by atoms with Crippen LogP contribution in [-0.2, 0) is 11.3 Å². The summed E-state index contributed by atoms with van der Waals surface area (Å²) in [5.41, 5.74) is 0.816. The van der Waals surface area contributed by atoms with Crippen molar-refractivity contribution in [2.24, 2.45) is 0 Å². The molecule has 0 aliphatic heterocycles. The maximum absolute atomic E-state index is 11.9. The zero-order chi connectivity index (χ0) is 14.4. The van der Waals surface area contributed by atoms with Crippen molar-refractivity contribution in [3.63, 3.8) is 0 Å². The lowest BCUT2D eigenvalue weighted by Crippen LogP contribution is -2.36. The Morgan fingerprint density at radius 2 is 2.05 bits per heavy atom. The highest BCUT2D eigenvalue weighted by atomic mass is 79.9. The number of hydrogen-bond acceptors (Lipinski definition) is 3. The van der Waals surface area contributed by atoms with Gasteiger partial charge in [-0.15, -0.1) is 0 Å². The SMILES string of the molecule is C[C@@H](Oc1ccc(Br)cc1)C(=O)NCc1ccccn1. The molecule has 20 heavy (non-hydrogen) atoms. The molecular weight excluding hydrogens is 320 g/mol. The summed E-state index contributed by atoms with van der Waals surface area (Å²) in [6.07, 6.45) is 1.14. The van der Waals surface area contributed by atoms with E-state index in [0.29, 0.717) is 12.3 Å². The molecule has 4 nitrogen and oxygen atoms in total. The molecule has 1 N–H and O–H groups in total. The summed E-state index contributed by atoms with van der Waals surface area (Å²) in [6.45, 7) is 2.11. The molecule has 0 aliphatic rings. The largest absolute Gasteiger partial charge is 0.481 e. The van der Waals surface area contributed by atoms with Crippen LogP contribution >= 0.6 is 15.9 Å². The summed E-state index contributed by atoms with van der Waals surface area (Å²) in [6, 6.07) is 12.9. The van der Waals surface area contributed by atoms with Gasteiger partial charge in [0, 0.05) is 10.7 Å². The molecule has 1 aromatic carbocycles. The maximum atomic E-state index is 11.9. The van der Waals surface area contributed by atoms with Gasteiger partial charge >= 0.3 is 0 Å². The second-order valence-electron chi connectivity index (χ2n) is 4.25. The van der Waals surface area contributed by atoms with E-state index < -0.39 is 6.10 Å². The zero-order valence-corrected chi connectivity index (χ0v) is 12.6. The van der Waals surface area contributed by atoms with Gasteiger partial charge in [0.25, 0.3) is 5.91 Å². The van der Waals surface area contributed by atoms with Crippen molar-refractivity contribution in [1.29, 1.82) is 0 Å². The molecule has 0 saturated heterocycles. The normalized spacial score (nSPS) is 11.7. The second-order valence-corrected chi connectivity index (χ2v) is 5.17. The molecule has 0 spiro atoms. The first-order chi connectivity index (χ1) is 9.65. The van der Waals surface area contributed by atoms with Gasteiger partial charge in [0.05, 0.1) is 12.2 Å². The number of hydrogen-bond donors (Lipinski definition) is 1. The molecule has 0 unspecified atom stereocenters. The van der Waals surface area contributed by atoms with E-state index in [0.717, 1.165) is 10.2 Å². The number of carbonyl (C=O) groups excluding carboxylic acids is 1. The van der Waals surface area contributed by atoms with Crippen LogP contribution in [0.4, 0.5) is 0 Å². The number of aromatic nitrogens is 1. The summed E-state index contributed by atoms with van der Waals surface area (Å²) in [4.78, 5) is 16.1. The van der Waals surface area contributed by atoms with Gasteiger partial charge < -0.3 is 10.1 Å². The van der Waals surface area contributed by atoms with Crippen LogP contribution in [0.2, 0.25) is 0 Å². The lowest BCUT2D eigenvalue weighted by Gasteiger charge is -2.14. The van der Waals surface area contributed by atoms with Crippen LogP contribution in [0, 0.1) is 0 Å². The minimum Gasteiger partial charge on any atom is -0.481 e. The highest BCUT2D eigenvalue weighted by Gasteiger charge is 2.14. The van der Waals surface area contributed by atoms with Gasteiger partial charge in [-0.3, -0.25) is 9.78 Å². The Bertz CT molecular complexity index is 558. The highest BCUT2D eigenvalue weighted by Crippen LogP contribution is 2.17. The molecule has 1 aromatic heterocycles. The molecule has 2 aromatic rings. The third kappa shape index (κ3) is 4.35.